The van der Waals surface area contributed by atoms with Gasteiger partial charge in [-0.05, 0) is 44.7 Å². The number of hydrogen-bond donors (Lipinski definition) is 3. The van der Waals surface area contributed by atoms with Crippen molar-refractivity contribution in [3.8, 4) is 11.6 Å². The Morgan fingerprint density at radius 2 is 1.68 bits per heavy atom. The summed E-state index contributed by atoms with van der Waals surface area (Å²) in [4.78, 5) is 80.2. The van der Waals surface area contributed by atoms with Crippen LogP contribution in [0, 0.1) is 0 Å². The number of carboxylic acids is 1. The number of carbonyl (C=O) groups excluding carboxylic acids is 5. The quantitative estimate of drug-likeness (QED) is 0.273. The van der Waals surface area contributed by atoms with Crippen LogP contribution < -0.4 is 15.4 Å². The number of ether oxygens (including phenoxy) is 2. The fraction of sp³-hybridized carbons (Fsp3) is 0.516. The lowest BCUT2D eigenvalue weighted by molar-refractivity contribution is -0.149. The summed E-state index contributed by atoms with van der Waals surface area (Å²) in [5.74, 6) is -2.84. The van der Waals surface area contributed by atoms with Crippen LogP contribution in [-0.4, -0.2) is 129 Å². The zero-order valence-corrected chi connectivity index (χ0v) is 26.1. The molecule has 1 aromatic heterocycles. The number of nitrogens with zero attached hydrogens (tertiary/aromatic N) is 5. The SMILES string of the molecule is CCOC(=O)N1CCN(C(=O)[C@H](CCC(=O)O)NC(=O)c2cc(OCC(=O)N3CC[C@H]3C(=O)NC3CC3)n(-c3ccccc3)n2)CC1. The molecule has 3 aliphatic rings. The van der Waals surface area contributed by atoms with Crippen LogP contribution >= 0.6 is 0 Å². The highest BCUT2D eigenvalue weighted by Gasteiger charge is 2.39. The van der Waals surface area contributed by atoms with Gasteiger partial charge in [0.1, 0.15) is 12.1 Å². The Morgan fingerprint density at radius 1 is 0.979 bits per heavy atom. The number of nitrogens with one attached hydrogen (secondary N) is 2. The minimum atomic E-state index is -1.18. The Labute approximate surface area is 270 Å². The molecule has 3 heterocycles. The van der Waals surface area contributed by atoms with Crippen molar-refractivity contribution in [2.24, 2.45) is 0 Å². The number of benzene rings is 1. The molecule has 0 bridgehead atoms. The average molecular weight is 654 g/mol. The predicted octanol–water partition coefficient (Wildman–Crippen LogP) is 0.395. The highest BCUT2D eigenvalue weighted by molar-refractivity contribution is 5.96. The van der Waals surface area contributed by atoms with E-state index in [4.69, 9.17) is 9.47 Å². The molecule has 47 heavy (non-hydrogen) atoms. The number of likely N-dealkylation sites (tertiary alicyclic amines) is 1. The number of carboxylic acid groups (broad SMARTS) is 1. The first-order valence-electron chi connectivity index (χ1n) is 15.8. The molecule has 2 aliphatic heterocycles. The van der Waals surface area contributed by atoms with Crippen LogP contribution in [0.2, 0.25) is 0 Å². The van der Waals surface area contributed by atoms with Crippen molar-refractivity contribution in [3.63, 3.8) is 0 Å². The van der Waals surface area contributed by atoms with E-state index in [1.807, 2.05) is 0 Å². The van der Waals surface area contributed by atoms with Crippen molar-refractivity contribution < 1.29 is 43.3 Å². The molecule has 16 nitrogen and oxygen atoms in total. The van der Waals surface area contributed by atoms with Crippen molar-refractivity contribution in [2.45, 2.75) is 57.2 Å². The van der Waals surface area contributed by atoms with E-state index >= 15 is 0 Å². The van der Waals surface area contributed by atoms with Crippen LogP contribution in [0.25, 0.3) is 5.69 Å². The van der Waals surface area contributed by atoms with Gasteiger partial charge < -0.3 is 39.9 Å². The predicted molar refractivity (Wildman–Crippen MR) is 164 cm³/mol. The molecule has 2 saturated heterocycles. The van der Waals surface area contributed by atoms with Gasteiger partial charge in [-0.25, -0.2) is 9.48 Å². The van der Waals surface area contributed by atoms with Gasteiger partial charge in [0.15, 0.2) is 12.3 Å². The molecule has 1 aliphatic carbocycles. The van der Waals surface area contributed by atoms with Crippen LogP contribution in [0.3, 0.4) is 0 Å². The maximum atomic E-state index is 13.5. The molecule has 0 spiro atoms. The van der Waals surface area contributed by atoms with E-state index in [9.17, 15) is 33.9 Å². The van der Waals surface area contributed by atoms with E-state index in [0.29, 0.717) is 18.7 Å². The second-order valence-electron chi connectivity index (χ2n) is 11.5. The van der Waals surface area contributed by atoms with Gasteiger partial charge in [0.05, 0.1) is 12.3 Å². The van der Waals surface area contributed by atoms with E-state index in [2.05, 4.69) is 15.7 Å². The van der Waals surface area contributed by atoms with Gasteiger partial charge in [0, 0.05) is 51.3 Å². The van der Waals surface area contributed by atoms with Gasteiger partial charge in [0.25, 0.3) is 11.8 Å². The standard InChI is InChI=1S/C31H39N7O9/c1-2-46-31(45)36-16-14-35(15-17-36)30(44)22(10-11-27(40)41)33-28(42)23-18-26(38(34-23)21-6-4-3-5-7-21)47-19-25(39)37-13-12-24(37)29(43)32-20-8-9-20/h3-7,18,20,22,24H,2,8-17,19H2,1H3,(H,32,43)(H,33,42)(H,40,41)/t22-,24-/m0/s1. The van der Waals surface area contributed by atoms with Crippen LogP contribution in [0.15, 0.2) is 36.4 Å². The van der Waals surface area contributed by atoms with Crippen LogP contribution in [0.5, 0.6) is 5.88 Å². The van der Waals surface area contributed by atoms with E-state index < -0.39 is 42.6 Å². The smallest absolute Gasteiger partial charge is 0.409 e. The number of piperazine rings is 1. The summed E-state index contributed by atoms with van der Waals surface area (Å²) >= 11 is 0. The second kappa shape index (κ2) is 15.0. The Balaban J connectivity index is 1.27. The molecule has 1 saturated carbocycles. The lowest BCUT2D eigenvalue weighted by atomic mass is 10.0. The number of aromatic nitrogens is 2. The van der Waals surface area contributed by atoms with E-state index in [0.717, 1.165) is 12.8 Å². The summed E-state index contributed by atoms with van der Waals surface area (Å²) in [7, 11) is 0. The van der Waals surface area contributed by atoms with Crippen LogP contribution in [-0.2, 0) is 23.9 Å². The third kappa shape index (κ3) is 8.37. The average Bonchev–Trinajstić information content (AvgIpc) is 3.75. The summed E-state index contributed by atoms with van der Waals surface area (Å²) in [6.45, 7) is 2.79. The summed E-state index contributed by atoms with van der Waals surface area (Å²) in [6, 6.07) is 8.58. The molecular weight excluding hydrogens is 614 g/mol. The molecule has 2 atom stereocenters. The molecular formula is C31H39N7O9. The van der Waals surface area contributed by atoms with Crippen LogP contribution in [0.4, 0.5) is 4.79 Å². The van der Waals surface area contributed by atoms with Gasteiger partial charge >= 0.3 is 12.1 Å². The summed E-state index contributed by atoms with van der Waals surface area (Å²) in [6.07, 6.45) is 1.44. The van der Waals surface area contributed by atoms with Crippen molar-refractivity contribution in [3.05, 3.63) is 42.1 Å². The number of hydrogen-bond acceptors (Lipinski definition) is 9. The summed E-state index contributed by atoms with van der Waals surface area (Å²) in [5, 5.41) is 19.2. The maximum absolute atomic E-state index is 13.5. The fourth-order valence-corrected chi connectivity index (χ4v) is 5.34. The first-order chi connectivity index (χ1) is 22.6. The first kappa shape index (κ1) is 33.2. The topological polar surface area (TPSA) is 193 Å². The molecule has 0 radical (unpaired) electrons. The van der Waals surface area contributed by atoms with Gasteiger partial charge in [-0.1, -0.05) is 18.2 Å². The number of aliphatic carboxylic acids is 1. The normalized spacial score (nSPS) is 18.1. The number of amides is 5. The number of para-hydroxylation sites is 1. The molecule has 1 aromatic carbocycles. The molecule has 252 valence electrons. The molecule has 3 N–H and O–H groups in total. The van der Waals surface area contributed by atoms with Gasteiger partial charge in [-0.3, -0.25) is 24.0 Å². The molecule has 5 rings (SSSR count). The fourth-order valence-electron chi connectivity index (χ4n) is 5.34. The molecule has 16 heteroatoms. The molecule has 0 unspecified atom stereocenters. The minimum Gasteiger partial charge on any atom is -0.481 e. The molecule has 2 aromatic rings. The Bertz CT molecular complexity index is 1490. The lowest BCUT2D eigenvalue weighted by Crippen LogP contribution is -2.59. The highest BCUT2D eigenvalue weighted by Crippen LogP contribution is 2.24. The second-order valence-corrected chi connectivity index (χ2v) is 11.5. The van der Waals surface area contributed by atoms with Gasteiger partial charge in [-0.15, -0.1) is 0 Å². The number of rotatable bonds is 13. The first-order valence-corrected chi connectivity index (χ1v) is 15.8. The Kier molecular flexibility index (Phi) is 10.6. The van der Waals surface area contributed by atoms with E-state index in [-0.39, 0.29) is 75.1 Å². The zero-order valence-electron chi connectivity index (χ0n) is 26.1. The zero-order chi connectivity index (χ0) is 33.5. The monoisotopic (exact) mass is 653 g/mol. The molecule has 3 fully saturated rings. The van der Waals surface area contributed by atoms with Gasteiger partial charge in [-0.2, -0.15) is 5.10 Å². The third-order valence-corrected chi connectivity index (χ3v) is 8.19. The molecule has 5 amide bonds. The van der Waals surface area contributed by atoms with Crippen molar-refractivity contribution in [2.75, 3.05) is 45.9 Å². The Hall–Kier alpha value is -5.15. The van der Waals surface area contributed by atoms with Gasteiger partial charge in [0.2, 0.25) is 17.7 Å². The lowest BCUT2D eigenvalue weighted by Gasteiger charge is -2.39. The largest absolute Gasteiger partial charge is 0.481 e. The maximum Gasteiger partial charge on any atom is 0.409 e. The van der Waals surface area contributed by atoms with Crippen molar-refractivity contribution >= 4 is 35.7 Å². The van der Waals surface area contributed by atoms with Crippen molar-refractivity contribution in [1.82, 2.24) is 35.1 Å². The summed E-state index contributed by atoms with van der Waals surface area (Å²) in [5.41, 5.74) is 0.416. The van der Waals surface area contributed by atoms with E-state index in [1.54, 1.807) is 37.3 Å². The number of carbonyl (C=O) groups is 6. The van der Waals surface area contributed by atoms with Crippen molar-refractivity contribution in [1.29, 1.82) is 0 Å². The summed E-state index contributed by atoms with van der Waals surface area (Å²) < 4.78 is 12.2. The Morgan fingerprint density at radius 3 is 2.30 bits per heavy atom. The minimum absolute atomic E-state index is 0.0812. The third-order valence-electron chi connectivity index (χ3n) is 8.19. The van der Waals surface area contributed by atoms with E-state index in [1.165, 1.54) is 25.4 Å². The van der Waals surface area contributed by atoms with Crippen LogP contribution in [0.1, 0.15) is 49.5 Å². The highest BCUT2D eigenvalue weighted by atomic mass is 16.6.